The van der Waals surface area contributed by atoms with E-state index in [2.05, 4.69) is 0 Å². The van der Waals surface area contributed by atoms with Crippen LogP contribution in [0.1, 0.15) is 50.2 Å². The van der Waals surface area contributed by atoms with Crippen LogP contribution in [0.3, 0.4) is 0 Å². The maximum Gasteiger partial charge on any atom is 0.269 e. The van der Waals surface area contributed by atoms with Crippen molar-refractivity contribution < 1.29 is 28.5 Å². The lowest BCUT2D eigenvalue weighted by Gasteiger charge is -2.44. The molecule has 2 aliphatic carbocycles. The van der Waals surface area contributed by atoms with E-state index in [9.17, 15) is 9.59 Å². The van der Waals surface area contributed by atoms with Crippen LogP contribution >= 0.6 is 0 Å². The largest absolute Gasteiger partial charge is 0.496 e. The normalized spacial score (nSPS) is 35.7. The average molecular weight is 362 g/mol. The lowest BCUT2D eigenvalue weighted by atomic mass is 9.73. The molecule has 6 nitrogen and oxygen atoms in total. The summed E-state index contributed by atoms with van der Waals surface area (Å²) in [5.74, 6) is -0.0301. The van der Waals surface area contributed by atoms with E-state index in [4.69, 9.17) is 18.9 Å². The monoisotopic (exact) mass is 362 g/mol. The first-order valence-electron chi connectivity index (χ1n) is 9.08. The Morgan fingerprint density at radius 1 is 1.15 bits per heavy atom. The van der Waals surface area contributed by atoms with Gasteiger partial charge in [-0.05, 0) is 24.1 Å². The molecule has 27 heavy (non-hydrogen) atoms. The summed E-state index contributed by atoms with van der Waals surface area (Å²) in [5, 5.41) is 0. The van der Waals surface area contributed by atoms with E-state index in [1.165, 1.54) is 0 Å². The fourth-order valence-corrected chi connectivity index (χ4v) is 5.48. The Morgan fingerprint density at radius 2 is 2.04 bits per heavy atom. The van der Waals surface area contributed by atoms with Gasteiger partial charge in [0, 0.05) is 23.1 Å². The van der Waals surface area contributed by atoms with E-state index >= 15 is 0 Å². The Bertz CT molecular complexity index is 1120. The Hall–Kier alpha value is -2.70. The first-order chi connectivity index (χ1) is 13.1. The Balaban J connectivity index is 1.65. The van der Waals surface area contributed by atoms with Gasteiger partial charge >= 0.3 is 0 Å². The first-order valence-corrected chi connectivity index (χ1v) is 9.08. The molecule has 2 aromatic rings. The van der Waals surface area contributed by atoms with Crippen LogP contribution < -0.4 is 9.47 Å². The van der Waals surface area contributed by atoms with E-state index in [1.54, 1.807) is 13.2 Å². The number of Topliss-reactive ketones (excluding diaryl/α,β-unsaturated/α-hetero) is 2. The average Bonchev–Trinajstić information content (AvgIpc) is 3.46. The number of fused-ring (bicyclic) bond motifs is 1. The summed E-state index contributed by atoms with van der Waals surface area (Å²) in [4.78, 5) is 25.5. The van der Waals surface area contributed by atoms with Crippen LogP contribution in [-0.2, 0) is 20.9 Å². The molecule has 0 radical (unpaired) electrons. The van der Waals surface area contributed by atoms with Crippen molar-refractivity contribution in [3.63, 3.8) is 0 Å². The second-order valence-corrected chi connectivity index (χ2v) is 7.71. The quantitative estimate of drug-likeness (QED) is 0.726. The summed E-state index contributed by atoms with van der Waals surface area (Å²) < 4.78 is 24.3. The molecule has 3 aliphatic heterocycles. The Labute approximate surface area is 154 Å². The van der Waals surface area contributed by atoms with Crippen LogP contribution in [0.4, 0.5) is 0 Å². The standard InChI is InChI=1S/C21H14O6/c1-24-12-6-5-10-16-14(12)17(23)18-19(25-18)21(16)26-13-4-2-3-9-11(22)7-8-20(10,27-21)15(9)13/h2-6,18-19H,7-8H2,1H3/t18-,19-,20+,21+/m1/s1. The van der Waals surface area contributed by atoms with Crippen molar-refractivity contribution >= 4 is 11.6 Å². The molecule has 134 valence electrons. The molecule has 2 aromatic carbocycles. The molecule has 2 spiro atoms. The molecular formula is C21H14O6. The summed E-state index contributed by atoms with van der Waals surface area (Å²) in [6.07, 6.45) is -0.148. The van der Waals surface area contributed by atoms with Crippen LogP contribution in [0.2, 0.25) is 0 Å². The molecule has 3 heterocycles. The smallest absolute Gasteiger partial charge is 0.269 e. The summed E-state index contributed by atoms with van der Waals surface area (Å²) >= 11 is 0. The van der Waals surface area contributed by atoms with E-state index in [-0.39, 0.29) is 11.6 Å². The van der Waals surface area contributed by atoms with E-state index in [1.807, 2.05) is 24.3 Å². The minimum Gasteiger partial charge on any atom is -0.496 e. The van der Waals surface area contributed by atoms with Crippen molar-refractivity contribution in [3.05, 3.63) is 58.1 Å². The molecule has 7 rings (SSSR count). The van der Waals surface area contributed by atoms with Crippen LogP contribution in [0.5, 0.6) is 11.5 Å². The zero-order chi connectivity index (χ0) is 18.1. The molecule has 4 atom stereocenters. The third kappa shape index (κ3) is 1.33. The molecule has 1 saturated heterocycles. The van der Waals surface area contributed by atoms with Gasteiger partial charge in [0.1, 0.15) is 17.1 Å². The SMILES string of the molecule is COc1ccc2c3c1C(=O)[C@H]1O[C@H]1[C@]31Oc3cccc4c3[C@@]2(CCC4=O)O1. The maximum atomic E-state index is 13.0. The van der Waals surface area contributed by atoms with Gasteiger partial charge in [-0.25, -0.2) is 0 Å². The van der Waals surface area contributed by atoms with Crippen molar-refractivity contribution in [3.8, 4) is 11.5 Å². The van der Waals surface area contributed by atoms with Crippen molar-refractivity contribution in [1.29, 1.82) is 0 Å². The topological polar surface area (TPSA) is 74.4 Å². The van der Waals surface area contributed by atoms with Gasteiger partial charge < -0.3 is 18.9 Å². The number of hydrogen-bond acceptors (Lipinski definition) is 6. The van der Waals surface area contributed by atoms with E-state index < -0.39 is 23.6 Å². The summed E-state index contributed by atoms with van der Waals surface area (Å²) in [6.45, 7) is 0. The number of hydrogen-bond donors (Lipinski definition) is 0. The number of rotatable bonds is 1. The van der Waals surface area contributed by atoms with Gasteiger partial charge in [0.25, 0.3) is 5.79 Å². The van der Waals surface area contributed by atoms with Gasteiger partial charge in [0.05, 0.1) is 12.7 Å². The fraction of sp³-hybridized carbons (Fsp3) is 0.333. The molecule has 6 heteroatoms. The fourth-order valence-electron chi connectivity index (χ4n) is 5.48. The summed E-state index contributed by atoms with van der Waals surface area (Å²) in [6, 6.07) is 9.27. The van der Waals surface area contributed by atoms with Crippen LogP contribution in [0.15, 0.2) is 30.3 Å². The number of epoxide rings is 1. The van der Waals surface area contributed by atoms with Crippen LogP contribution in [0.25, 0.3) is 0 Å². The molecule has 1 fully saturated rings. The summed E-state index contributed by atoms with van der Waals surface area (Å²) in [5.41, 5.74) is 2.70. The second kappa shape index (κ2) is 4.08. The van der Waals surface area contributed by atoms with Crippen molar-refractivity contribution in [2.75, 3.05) is 7.11 Å². The molecule has 0 unspecified atom stereocenters. The highest BCUT2D eigenvalue weighted by atomic mass is 16.8. The van der Waals surface area contributed by atoms with Gasteiger partial charge in [0.15, 0.2) is 23.8 Å². The molecule has 0 saturated carbocycles. The van der Waals surface area contributed by atoms with Gasteiger partial charge in [0.2, 0.25) is 0 Å². The number of ether oxygens (including phenoxy) is 4. The highest BCUT2D eigenvalue weighted by Gasteiger charge is 2.76. The number of benzene rings is 2. The van der Waals surface area contributed by atoms with Crippen molar-refractivity contribution in [2.45, 2.75) is 36.4 Å². The predicted molar refractivity (Wildman–Crippen MR) is 90.2 cm³/mol. The Kier molecular flexibility index (Phi) is 2.17. The van der Waals surface area contributed by atoms with Gasteiger partial charge in [-0.3, -0.25) is 9.59 Å². The zero-order valence-electron chi connectivity index (χ0n) is 14.4. The second-order valence-electron chi connectivity index (χ2n) is 7.71. The van der Waals surface area contributed by atoms with Crippen LogP contribution in [0, 0.1) is 0 Å². The van der Waals surface area contributed by atoms with Crippen LogP contribution in [-0.4, -0.2) is 30.9 Å². The first kappa shape index (κ1) is 14.4. The Morgan fingerprint density at radius 3 is 2.89 bits per heavy atom. The number of carbonyl (C=O) groups is 2. The lowest BCUT2D eigenvalue weighted by Crippen LogP contribution is -2.50. The minimum absolute atomic E-state index is 0.0888. The van der Waals surface area contributed by atoms with Gasteiger partial charge in [-0.1, -0.05) is 18.2 Å². The summed E-state index contributed by atoms with van der Waals surface area (Å²) in [7, 11) is 1.55. The zero-order valence-corrected chi connectivity index (χ0v) is 14.4. The third-order valence-electron chi connectivity index (χ3n) is 6.56. The molecule has 5 aliphatic rings. The number of ketones is 2. The molecule has 2 bridgehead atoms. The van der Waals surface area contributed by atoms with Gasteiger partial charge in [-0.15, -0.1) is 0 Å². The predicted octanol–water partition coefficient (Wildman–Crippen LogP) is 2.45. The highest BCUT2D eigenvalue weighted by molar-refractivity contribution is 6.08. The van der Waals surface area contributed by atoms with E-state index in [0.717, 1.165) is 11.1 Å². The molecule has 0 aromatic heterocycles. The highest BCUT2D eigenvalue weighted by Crippen LogP contribution is 2.68. The third-order valence-corrected chi connectivity index (χ3v) is 6.56. The van der Waals surface area contributed by atoms with Crippen molar-refractivity contribution in [2.24, 2.45) is 0 Å². The van der Waals surface area contributed by atoms with Gasteiger partial charge in [-0.2, -0.15) is 0 Å². The molecule has 0 N–H and O–H groups in total. The molecule has 0 amide bonds. The number of carbonyl (C=O) groups excluding carboxylic acids is 2. The minimum atomic E-state index is -1.16. The molecular weight excluding hydrogens is 348 g/mol. The van der Waals surface area contributed by atoms with Crippen molar-refractivity contribution in [1.82, 2.24) is 0 Å². The van der Waals surface area contributed by atoms with E-state index in [0.29, 0.717) is 41.0 Å². The maximum absolute atomic E-state index is 13.0. The number of methoxy groups -OCH3 is 1. The lowest BCUT2D eigenvalue weighted by molar-refractivity contribution is -0.260.